The summed E-state index contributed by atoms with van der Waals surface area (Å²) in [6.45, 7) is 1.32. The van der Waals surface area contributed by atoms with E-state index in [1.165, 1.54) is 13.2 Å². The average molecular weight is 251 g/mol. The molecule has 2 heterocycles. The van der Waals surface area contributed by atoms with Crippen molar-refractivity contribution < 1.29 is 13.9 Å². The Morgan fingerprint density at radius 3 is 3.06 bits per heavy atom. The zero-order valence-corrected chi connectivity index (χ0v) is 10.0. The first-order valence-corrected chi connectivity index (χ1v) is 5.79. The fraction of sp³-hybridized carbons (Fsp3) is 0.417. The molecule has 0 saturated carbocycles. The van der Waals surface area contributed by atoms with E-state index in [-0.39, 0.29) is 11.8 Å². The van der Waals surface area contributed by atoms with Gasteiger partial charge in [0.05, 0.1) is 30.8 Å². The Balaban J connectivity index is 2.20. The summed E-state index contributed by atoms with van der Waals surface area (Å²) in [6, 6.07) is 3.13. The number of halogens is 1. The van der Waals surface area contributed by atoms with Crippen LogP contribution in [0.2, 0.25) is 0 Å². The van der Waals surface area contributed by atoms with Gasteiger partial charge in [-0.3, -0.25) is 0 Å². The third kappa shape index (κ3) is 1.60. The van der Waals surface area contributed by atoms with Crippen LogP contribution in [0.4, 0.5) is 10.3 Å². The molecule has 1 unspecified atom stereocenters. The molecule has 2 aromatic rings. The number of fused-ring (bicyclic) bond motifs is 1. The van der Waals surface area contributed by atoms with Crippen molar-refractivity contribution in [1.82, 2.24) is 9.55 Å². The van der Waals surface area contributed by atoms with Crippen LogP contribution in [0.25, 0.3) is 11.0 Å². The van der Waals surface area contributed by atoms with Crippen molar-refractivity contribution in [3.05, 3.63) is 17.9 Å². The highest BCUT2D eigenvalue weighted by Crippen LogP contribution is 2.31. The minimum atomic E-state index is -0.433. The summed E-state index contributed by atoms with van der Waals surface area (Å²) in [6.07, 6.45) is 0.884. The first-order chi connectivity index (χ1) is 8.70. The molecule has 0 bridgehead atoms. The molecule has 1 aliphatic rings. The number of nitrogens with two attached hydrogens (primary N) is 1. The van der Waals surface area contributed by atoms with Gasteiger partial charge >= 0.3 is 0 Å². The monoisotopic (exact) mass is 251 g/mol. The van der Waals surface area contributed by atoms with Crippen LogP contribution in [0, 0.1) is 5.82 Å². The lowest BCUT2D eigenvalue weighted by atomic mass is 10.2. The van der Waals surface area contributed by atoms with Crippen LogP contribution < -0.4 is 10.5 Å². The highest BCUT2D eigenvalue weighted by Gasteiger charge is 2.23. The second-order valence-corrected chi connectivity index (χ2v) is 4.33. The highest BCUT2D eigenvalue weighted by atomic mass is 19.1. The van der Waals surface area contributed by atoms with Crippen LogP contribution in [0.15, 0.2) is 12.1 Å². The van der Waals surface area contributed by atoms with E-state index in [0.29, 0.717) is 24.7 Å². The van der Waals surface area contributed by atoms with E-state index in [1.54, 1.807) is 6.07 Å². The maximum atomic E-state index is 13.6. The lowest BCUT2D eigenvalue weighted by Gasteiger charge is -2.13. The maximum Gasteiger partial charge on any atom is 0.201 e. The molecule has 1 atom stereocenters. The lowest BCUT2D eigenvalue weighted by Crippen LogP contribution is -2.11. The summed E-state index contributed by atoms with van der Waals surface area (Å²) in [4.78, 5) is 4.18. The van der Waals surface area contributed by atoms with Crippen molar-refractivity contribution in [2.75, 3.05) is 26.1 Å². The summed E-state index contributed by atoms with van der Waals surface area (Å²) >= 11 is 0. The summed E-state index contributed by atoms with van der Waals surface area (Å²) in [5.74, 6) is 0.146. The van der Waals surface area contributed by atoms with Crippen molar-refractivity contribution in [3.63, 3.8) is 0 Å². The number of ether oxygens (including phenoxy) is 2. The molecule has 0 spiro atoms. The van der Waals surface area contributed by atoms with Crippen molar-refractivity contribution in [2.45, 2.75) is 12.5 Å². The zero-order chi connectivity index (χ0) is 12.7. The molecule has 1 aromatic heterocycles. The number of anilines is 1. The SMILES string of the molecule is COc1cc2c(cc1F)nc(N)n2C1CCOC1. The predicted octanol–water partition coefficient (Wildman–Crippen LogP) is 1.73. The number of benzene rings is 1. The van der Waals surface area contributed by atoms with Gasteiger partial charge < -0.3 is 19.8 Å². The fourth-order valence-electron chi connectivity index (χ4n) is 2.38. The molecule has 1 saturated heterocycles. The largest absolute Gasteiger partial charge is 0.494 e. The molecule has 6 heteroatoms. The molecule has 0 radical (unpaired) electrons. The minimum Gasteiger partial charge on any atom is -0.494 e. The lowest BCUT2D eigenvalue weighted by molar-refractivity contribution is 0.187. The number of nitrogens with zero attached hydrogens (tertiary/aromatic N) is 2. The van der Waals surface area contributed by atoms with Gasteiger partial charge in [-0.2, -0.15) is 0 Å². The van der Waals surface area contributed by atoms with Gasteiger partial charge in [-0.15, -0.1) is 0 Å². The van der Waals surface area contributed by atoms with E-state index in [2.05, 4.69) is 4.98 Å². The fourth-order valence-corrected chi connectivity index (χ4v) is 2.38. The molecule has 18 heavy (non-hydrogen) atoms. The van der Waals surface area contributed by atoms with E-state index in [4.69, 9.17) is 15.2 Å². The molecule has 0 aliphatic carbocycles. The quantitative estimate of drug-likeness (QED) is 0.882. The van der Waals surface area contributed by atoms with Gasteiger partial charge in [-0.05, 0) is 6.42 Å². The minimum absolute atomic E-state index is 0.158. The molecule has 96 valence electrons. The van der Waals surface area contributed by atoms with Crippen molar-refractivity contribution in [3.8, 4) is 5.75 Å². The van der Waals surface area contributed by atoms with E-state index in [1.807, 2.05) is 4.57 Å². The molecule has 2 N–H and O–H groups in total. The van der Waals surface area contributed by atoms with Crippen LogP contribution >= 0.6 is 0 Å². The van der Waals surface area contributed by atoms with Gasteiger partial charge in [0.25, 0.3) is 0 Å². The second kappa shape index (κ2) is 4.13. The van der Waals surface area contributed by atoms with Crippen molar-refractivity contribution >= 4 is 17.0 Å². The molecule has 0 amide bonds. The summed E-state index contributed by atoms with van der Waals surface area (Å²) in [5.41, 5.74) is 7.23. The smallest absolute Gasteiger partial charge is 0.201 e. The first-order valence-electron chi connectivity index (χ1n) is 5.79. The second-order valence-electron chi connectivity index (χ2n) is 4.33. The Morgan fingerprint density at radius 2 is 2.39 bits per heavy atom. The average Bonchev–Trinajstić information content (AvgIpc) is 2.94. The summed E-state index contributed by atoms with van der Waals surface area (Å²) in [7, 11) is 1.44. The summed E-state index contributed by atoms with van der Waals surface area (Å²) < 4.78 is 25.8. The van der Waals surface area contributed by atoms with E-state index < -0.39 is 5.82 Å². The van der Waals surface area contributed by atoms with Crippen LogP contribution in [-0.4, -0.2) is 29.9 Å². The number of rotatable bonds is 2. The number of aromatic nitrogens is 2. The van der Waals surface area contributed by atoms with Crippen LogP contribution in [0.1, 0.15) is 12.5 Å². The van der Waals surface area contributed by atoms with Crippen LogP contribution in [-0.2, 0) is 4.74 Å². The van der Waals surface area contributed by atoms with Crippen molar-refractivity contribution in [1.29, 1.82) is 0 Å². The predicted molar refractivity (Wildman–Crippen MR) is 65.1 cm³/mol. The first kappa shape index (κ1) is 11.3. The number of hydrogen-bond acceptors (Lipinski definition) is 4. The normalized spacial score (nSPS) is 19.6. The Labute approximate surface area is 103 Å². The number of imidazole rings is 1. The molecular formula is C12H14FN3O2. The Hall–Kier alpha value is -1.82. The molecule has 1 aromatic carbocycles. The third-order valence-electron chi connectivity index (χ3n) is 3.26. The molecule has 1 fully saturated rings. The Bertz CT molecular complexity index is 591. The maximum absolute atomic E-state index is 13.6. The molecule has 5 nitrogen and oxygen atoms in total. The molecule has 1 aliphatic heterocycles. The van der Waals surface area contributed by atoms with Crippen LogP contribution in [0.5, 0.6) is 5.75 Å². The number of hydrogen-bond donors (Lipinski definition) is 1. The topological polar surface area (TPSA) is 62.3 Å². The zero-order valence-electron chi connectivity index (χ0n) is 10.0. The standard InChI is InChI=1S/C12H14FN3O2/c1-17-11-5-10-9(4-8(11)13)15-12(14)16(10)7-2-3-18-6-7/h4-5,7H,2-3,6H2,1H3,(H2,14,15). The van der Waals surface area contributed by atoms with E-state index in [0.717, 1.165) is 11.9 Å². The van der Waals surface area contributed by atoms with Gasteiger partial charge in [-0.25, -0.2) is 9.37 Å². The van der Waals surface area contributed by atoms with Gasteiger partial charge in [0.1, 0.15) is 0 Å². The van der Waals surface area contributed by atoms with Crippen LogP contribution in [0.3, 0.4) is 0 Å². The highest BCUT2D eigenvalue weighted by molar-refractivity contribution is 5.80. The van der Waals surface area contributed by atoms with E-state index in [9.17, 15) is 4.39 Å². The molecular weight excluding hydrogens is 237 g/mol. The van der Waals surface area contributed by atoms with Gasteiger partial charge in [0.15, 0.2) is 11.6 Å². The van der Waals surface area contributed by atoms with Gasteiger partial charge in [0.2, 0.25) is 5.95 Å². The number of methoxy groups -OCH3 is 1. The Morgan fingerprint density at radius 1 is 1.56 bits per heavy atom. The number of nitrogen functional groups attached to an aromatic ring is 1. The van der Waals surface area contributed by atoms with Gasteiger partial charge in [-0.1, -0.05) is 0 Å². The Kier molecular flexibility index (Phi) is 2.59. The third-order valence-corrected chi connectivity index (χ3v) is 3.26. The molecule has 3 rings (SSSR count). The van der Waals surface area contributed by atoms with Crippen molar-refractivity contribution in [2.24, 2.45) is 0 Å². The van der Waals surface area contributed by atoms with Gasteiger partial charge in [0, 0.05) is 18.7 Å². The summed E-state index contributed by atoms with van der Waals surface area (Å²) in [5, 5.41) is 0. The van der Waals surface area contributed by atoms with E-state index >= 15 is 0 Å².